The van der Waals surface area contributed by atoms with Gasteiger partial charge in [-0.1, -0.05) is 25.1 Å². The van der Waals surface area contributed by atoms with Crippen molar-refractivity contribution >= 4 is 10.0 Å². The molecule has 1 aromatic carbocycles. The molecule has 0 saturated carbocycles. The molecule has 0 saturated heterocycles. The largest absolute Gasteiger partial charge is 0.488 e. The van der Waals surface area contributed by atoms with E-state index in [1.165, 1.54) is 11.4 Å². The molecule has 1 aliphatic rings. The topological polar surface area (TPSA) is 70.4 Å². The first-order valence-electron chi connectivity index (χ1n) is 7.02. The summed E-state index contributed by atoms with van der Waals surface area (Å²) in [6.45, 7) is 3.52. The van der Waals surface area contributed by atoms with Crippen LogP contribution in [0.5, 0.6) is 5.75 Å². The average molecular weight is 308 g/mol. The van der Waals surface area contributed by atoms with Crippen LogP contribution in [0.2, 0.25) is 0 Å². The molecule has 0 fully saturated rings. The molecular formula is C15H20N2O3S. The molecule has 21 heavy (non-hydrogen) atoms. The predicted molar refractivity (Wildman–Crippen MR) is 80.4 cm³/mol. The van der Waals surface area contributed by atoms with E-state index in [0.717, 1.165) is 11.3 Å². The van der Waals surface area contributed by atoms with E-state index in [1.54, 1.807) is 6.92 Å². The van der Waals surface area contributed by atoms with Crippen LogP contribution in [-0.4, -0.2) is 37.2 Å². The lowest BCUT2D eigenvalue weighted by molar-refractivity contribution is 0.152. The maximum absolute atomic E-state index is 12.4. The summed E-state index contributed by atoms with van der Waals surface area (Å²) in [5, 5.41) is 8.01. The zero-order valence-corrected chi connectivity index (χ0v) is 13.3. The number of rotatable bonds is 5. The highest BCUT2D eigenvalue weighted by atomic mass is 32.2. The van der Waals surface area contributed by atoms with Gasteiger partial charge in [-0.3, -0.25) is 0 Å². The molecule has 0 aromatic heterocycles. The maximum Gasteiger partial charge on any atom is 0.230 e. The van der Waals surface area contributed by atoms with Crippen LogP contribution in [0.25, 0.3) is 0 Å². The Morgan fingerprint density at radius 1 is 1.48 bits per heavy atom. The molecule has 114 valence electrons. The third-order valence-electron chi connectivity index (χ3n) is 4.06. The lowest BCUT2D eigenvalue weighted by Crippen LogP contribution is -2.47. The summed E-state index contributed by atoms with van der Waals surface area (Å²) < 4.78 is 31.9. The van der Waals surface area contributed by atoms with Crippen molar-refractivity contribution in [1.82, 2.24) is 4.31 Å². The van der Waals surface area contributed by atoms with Gasteiger partial charge in [-0.25, -0.2) is 8.42 Å². The Balaban J connectivity index is 2.15. The van der Waals surface area contributed by atoms with Gasteiger partial charge in [-0.15, -0.1) is 0 Å². The van der Waals surface area contributed by atoms with E-state index < -0.39 is 15.3 Å². The first-order chi connectivity index (χ1) is 9.91. The number of benzene rings is 1. The molecule has 0 bridgehead atoms. The van der Waals surface area contributed by atoms with Gasteiger partial charge < -0.3 is 4.74 Å². The summed E-state index contributed by atoms with van der Waals surface area (Å²) in [6, 6.07) is 9.25. The van der Waals surface area contributed by atoms with E-state index in [4.69, 9.17) is 10.00 Å². The summed E-state index contributed by atoms with van der Waals surface area (Å²) in [4.78, 5) is 0. The summed E-state index contributed by atoms with van der Waals surface area (Å²) in [7, 11) is -2.11. The van der Waals surface area contributed by atoms with Crippen LogP contribution in [0.3, 0.4) is 0 Å². The third-order valence-corrected chi connectivity index (χ3v) is 6.35. The Morgan fingerprint density at radius 3 is 2.71 bits per heavy atom. The number of hydrogen-bond acceptors (Lipinski definition) is 4. The molecule has 1 aromatic rings. The van der Waals surface area contributed by atoms with Gasteiger partial charge in [0.15, 0.2) is 5.25 Å². The van der Waals surface area contributed by atoms with Crippen molar-refractivity contribution in [3.8, 4) is 11.8 Å². The first kappa shape index (κ1) is 15.8. The summed E-state index contributed by atoms with van der Waals surface area (Å²) >= 11 is 0. The van der Waals surface area contributed by atoms with Crippen LogP contribution < -0.4 is 4.74 Å². The molecule has 0 amide bonds. The van der Waals surface area contributed by atoms with Gasteiger partial charge in [0, 0.05) is 13.5 Å². The van der Waals surface area contributed by atoms with Gasteiger partial charge in [-0.05, 0) is 25.0 Å². The maximum atomic E-state index is 12.4. The van der Waals surface area contributed by atoms with E-state index in [2.05, 4.69) is 0 Å². The second-order valence-electron chi connectivity index (χ2n) is 5.30. The van der Waals surface area contributed by atoms with E-state index >= 15 is 0 Å². The monoisotopic (exact) mass is 308 g/mol. The number of ether oxygens (including phenoxy) is 1. The van der Waals surface area contributed by atoms with Gasteiger partial charge in [0.25, 0.3) is 0 Å². The molecule has 0 N–H and O–H groups in total. The number of hydrogen-bond donors (Lipinski definition) is 0. The number of sulfonamides is 1. The lowest BCUT2D eigenvalue weighted by Gasteiger charge is -2.29. The number of nitrogens with zero attached hydrogens (tertiary/aromatic N) is 2. The van der Waals surface area contributed by atoms with E-state index in [-0.39, 0.29) is 18.6 Å². The summed E-state index contributed by atoms with van der Waals surface area (Å²) in [5.74, 6) is 0.812. The minimum atomic E-state index is -3.63. The van der Waals surface area contributed by atoms with E-state index in [1.807, 2.05) is 37.3 Å². The van der Waals surface area contributed by atoms with Gasteiger partial charge >= 0.3 is 0 Å². The molecular weight excluding hydrogens is 288 g/mol. The molecule has 0 spiro atoms. The normalized spacial score (nSPS) is 20.4. The number of nitriles is 1. The molecule has 1 heterocycles. The highest BCUT2D eigenvalue weighted by molar-refractivity contribution is 7.90. The minimum absolute atomic E-state index is 0.224. The standard InChI is InChI=1S/C15H20N2O3S/c1-4-13(10-16)21(18,19)17(3)11(2)15-9-12-7-5-6-8-14(12)20-15/h5-8,11,13,15H,4,9H2,1-3H3. The van der Waals surface area contributed by atoms with Crippen LogP contribution in [0.15, 0.2) is 24.3 Å². The molecule has 1 aliphatic heterocycles. The Kier molecular flexibility index (Phi) is 4.55. The number of para-hydroxylation sites is 1. The number of fused-ring (bicyclic) bond motifs is 1. The van der Waals surface area contributed by atoms with Crippen LogP contribution >= 0.6 is 0 Å². The number of likely N-dealkylation sites (N-methyl/N-ethyl adjacent to an activating group) is 1. The Hall–Kier alpha value is -1.58. The highest BCUT2D eigenvalue weighted by Crippen LogP contribution is 2.31. The van der Waals surface area contributed by atoms with Gasteiger partial charge in [-0.2, -0.15) is 9.57 Å². The Labute approximate surface area is 126 Å². The van der Waals surface area contributed by atoms with Gasteiger partial charge in [0.05, 0.1) is 12.1 Å². The highest BCUT2D eigenvalue weighted by Gasteiger charge is 2.37. The molecule has 0 radical (unpaired) electrons. The molecule has 0 aliphatic carbocycles. The smallest absolute Gasteiger partial charge is 0.230 e. The quantitative estimate of drug-likeness (QED) is 0.833. The van der Waals surface area contributed by atoms with Crippen LogP contribution in [0.1, 0.15) is 25.8 Å². The molecule has 2 rings (SSSR count). The fourth-order valence-electron chi connectivity index (χ4n) is 2.51. The fraction of sp³-hybridized carbons (Fsp3) is 0.533. The van der Waals surface area contributed by atoms with Crippen molar-refractivity contribution in [3.63, 3.8) is 0 Å². The second-order valence-corrected chi connectivity index (χ2v) is 7.47. The van der Waals surface area contributed by atoms with Crippen molar-refractivity contribution in [3.05, 3.63) is 29.8 Å². The SMILES string of the molecule is CCC(C#N)S(=O)(=O)N(C)C(C)C1Cc2ccccc2O1. The summed E-state index contributed by atoms with van der Waals surface area (Å²) in [6.07, 6.45) is 0.737. The van der Waals surface area contributed by atoms with Gasteiger partial charge in [0.1, 0.15) is 11.9 Å². The average Bonchev–Trinajstić information content (AvgIpc) is 2.90. The molecule has 5 nitrogen and oxygen atoms in total. The Morgan fingerprint density at radius 2 is 2.14 bits per heavy atom. The van der Waals surface area contributed by atoms with E-state index in [0.29, 0.717) is 6.42 Å². The predicted octanol–water partition coefficient (Wildman–Crippen LogP) is 1.94. The zero-order chi connectivity index (χ0) is 15.6. The fourth-order valence-corrected chi connectivity index (χ4v) is 4.07. The van der Waals surface area contributed by atoms with Crippen LogP contribution in [0, 0.1) is 11.3 Å². The van der Waals surface area contributed by atoms with Crippen molar-refractivity contribution in [1.29, 1.82) is 5.26 Å². The third kappa shape index (κ3) is 2.89. The van der Waals surface area contributed by atoms with Gasteiger partial charge in [0.2, 0.25) is 10.0 Å². The van der Waals surface area contributed by atoms with E-state index in [9.17, 15) is 8.42 Å². The second kappa shape index (κ2) is 6.04. The van der Waals surface area contributed by atoms with Crippen molar-refractivity contribution in [2.75, 3.05) is 7.05 Å². The summed E-state index contributed by atoms with van der Waals surface area (Å²) in [5.41, 5.74) is 1.09. The van der Waals surface area contributed by atoms with Crippen molar-refractivity contribution in [2.45, 2.75) is 44.1 Å². The molecule has 3 unspecified atom stereocenters. The van der Waals surface area contributed by atoms with Crippen LogP contribution in [0.4, 0.5) is 0 Å². The zero-order valence-electron chi connectivity index (χ0n) is 12.5. The minimum Gasteiger partial charge on any atom is -0.488 e. The van der Waals surface area contributed by atoms with Crippen molar-refractivity contribution in [2.24, 2.45) is 0 Å². The van der Waals surface area contributed by atoms with Crippen LogP contribution in [-0.2, 0) is 16.4 Å². The Bertz CT molecular complexity index is 626. The lowest BCUT2D eigenvalue weighted by atomic mass is 10.1. The first-order valence-corrected chi connectivity index (χ1v) is 8.53. The molecule has 6 heteroatoms. The molecule has 3 atom stereocenters. The van der Waals surface area contributed by atoms with Crippen molar-refractivity contribution < 1.29 is 13.2 Å².